The zero-order chi connectivity index (χ0) is 13.1. The quantitative estimate of drug-likeness (QED) is 0.916. The maximum absolute atomic E-state index is 13.5. The van der Waals surface area contributed by atoms with Gasteiger partial charge < -0.3 is 5.32 Å². The van der Waals surface area contributed by atoms with Crippen LogP contribution in [-0.4, -0.2) is 4.98 Å². The molecule has 0 amide bonds. The second-order valence-electron chi connectivity index (χ2n) is 4.11. The lowest BCUT2D eigenvalue weighted by Crippen LogP contribution is -2.18. The zero-order valence-electron chi connectivity index (χ0n) is 10.2. The van der Waals surface area contributed by atoms with Gasteiger partial charge in [0, 0.05) is 35.3 Å². The number of aromatic nitrogens is 1. The Morgan fingerprint density at radius 2 is 2.17 bits per heavy atom. The average Bonchev–Trinajstić information content (AvgIpc) is 2.72. The average molecular weight is 268 g/mol. The van der Waals surface area contributed by atoms with Crippen molar-refractivity contribution in [3.8, 4) is 0 Å². The van der Waals surface area contributed by atoms with Gasteiger partial charge in [-0.1, -0.05) is 6.07 Å². The first kappa shape index (κ1) is 13.1. The van der Waals surface area contributed by atoms with Crippen molar-refractivity contribution in [3.05, 3.63) is 51.5 Å². The van der Waals surface area contributed by atoms with Crippen LogP contribution in [0.1, 0.15) is 28.4 Å². The Morgan fingerprint density at radius 3 is 2.78 bits per heavy atom. The standard InChI is InChI=1S/C13H14F2N2S/c1-8(12-4-3-10(14)5-13(12)15)16-6-11-7-17-9(2)18-11/h3-5,7-8,16H,6H2,1-2H3. The molecule has 0 saturated heterocycles. The molecular formula is C13H14F2N2S. The maximum Gasteiger partial charge on any atom is 0.130 e. The van der Waals surface area contributed by atoms with Crippen LogP contribution in [0.25, 0.3) is 0 Å². The molecule has 18 heavy (non-hydrogen) atoms. The predicted octanol–water partition coefficient (Wildman–Crippen LogP) is 3.58. The largest absolute Gasteiger partial charge is 0.305 e. The highest BCUT2D eigenvalue weighted by Gasteiger charge is 2.11. The fraction of sp³-hybridized carbons (Fsp3) is 0.308. The Hall–Kier alpha value is -1.33. The number of rotatable bonds is 4. The van der Waals surface area contributed by atoms with Crippen molar-refractivity contribution in [1.82, 2.24) is 10.3 Å². The van der Waals surface area contributed by atoms with Crippen molar-refractivity contribution in [1.29, 1.82) is 0 Å². The van der Waals surface area contributed by atoms with Crippen molar-refractivity contribution in [3.63, 3.8) is 0 Å². The van der Waals surface area contributed by atoms with E-state index in [0.29, 0.717) is 12.1 Å². The molecule has 2 rings (SSSR count). The second kappa shape index (κ2) is 5.54. The van der Waals surface area contributed by atoms with Crippen LogP contribution in [0.15, 0.2) is 24.4 Å². The summed E-state index contributed by atoms with van der Waals surface area (Å²) in [4.78, 5) is 5.25. The molecule has 0 aliphatic carbocycles. The Balaban J connectivity index is 2.01. The SMILES string of the molecule is Cc1ncc(CNC(C)c2ccc(F)cc2F)s1. The van der Waals surface area contributed by atoms with E-state index in [1.54, 1.807) is 17.5 Å². The lowest BCUT2D eigenvalue weighted by atomic mass is 10.1. The van der Waals surface area contributed by atoms with Crippen LogP contribution in [0.4, 0.5) is 8.78 Å². The van der Waals surface area contributed by atoms with Crippen molar-refractivity contribution in [2.24, 2.45) is 0 Å². The summed E-state index contributed by atoms with van der Waals surface area (Å²) in [5.41, 5.74) is 0.470. The molecular weight excluding hydrogens is 254 g/mol. The van der Waals surface area contributed by atoms with Crippen molar-refractivity contribution >= 4 is 11.3 Å². The van der Waals surface area contributed by atoms with Gasteiger partial charge in [0.05, 0.1) is 5.01 Å². The summed E-state index contributed by atoms with van der Waals surface area (Å²) in [6, 6.07) is 3.48. The second-order valence-corrected chi connectivity index (χ2v) is 5.43. The molecule has 0 saturated carbocycles. The lowest BCUT2D eigenvalue weighted by molar-refractivity contribution is 0.519. The molecule has 0 radical (unpaired) electrons. The summed E-state index contributed by atoms with van der Waals surface area (Å²) in [7, 11) is 0. The molecule has 2 aromatic rings. The fourth-order valence-corrected chi connectivity index (χ4v) is 2.45. The van der Waals surface area contributed by atoms with Crippen LogP contribution in [0, 0.1) is 18.6 Å². The Labute approximate surface area is 109 Å². The van der Waals surface area contributed by atoms with Crippen LogP contribution in [0.5, 0.6) is 0 Å². The van der Waals surface area contributed by atoms with Gasteiger partial charge in [-0.05, 0) is 19.9 Å². The highest BCUT2D eigenvalue weighted by molar-refractivity contribution is 7.11. The number of halogens is 2. The van der Waals surface area contributed by atoms with Crippen molar-refractivity contribution < 1.29 is 8.78 Å². The maximum atomic E-state index is 13.5. The summed E-state index contributed by atoms with van der Waals surface area (Å²) in [6.07, 6.45) is 1.81. The Bertz CT molecular complexity index is 540. The van der Waals surface area contributed by atoms with E-state index >= 15 is 0 Å². The molecule has 0 bridgehead atoms. The van der Waals surface area contributed by atoms with E-state index in [1.165, 1.54) is 12.1 Å². The molecule has 96 valence electrons. The molecule has 1 unspecified atom stereocenters. The summed E-state index contributed by atoms with van der Waals surface area (Å²) in [5, 5.41) is 4.20. The van der Waals surface area contributed by atoms with E-state index in [1.807, 2.05) is 13.8 Å². The third kappa shape index (κ3) is 3.11. The van der Waals surface area contributed by atoms with Crippen LogP contribution < -0.4 is 5.32 Å². The number of hydrogen-bond acceptors (Lipinski definition) is 3. The third-order valence-electron chi connectivity index (χ3n) is 2.68. The van der Waals surface area contributed by atoms with Gasteiger partial charge in [-0.3, -0.25) is 0 Å². The summed E-state index contributed by atoms with van der Waals surface area (Å²) < 4.78 is 26.3. The minimum atomic E-state index is -0.554. The third-order valence-corrected chi connectivity index (χ3v) is 3.59. The fourth-order valence-electron chi connectivity index (χ4n) is 1.70. The smallest absolute Gasteiger partial charge is 0.130 e. The minimum Gasteiger partial charge on any atom is -0.305 e. The van der Waals surface area contributed by atoms with Crippen LogP contribution in [-0.2, 0) is 6.54 Å². The van der Waals surface area contributed by atoms with Gasteiger partial charge in [0.25, 0.3) is 0 Å². The van der Waals surface area contributed by atoms with Gasteiger partial charge >= 0.3 is 0 Å². The topological polar surface area (TPSA) is 24.9 Å². The molecule has 0 aliphatic rings. The molecule has 1 aromatic heterocycles. The Kier molecular flexibility index (Phi) is 4.04. The monoisotopic (exact) mass is 268 g/mol. The van der Waals surface area contributed by atoms with Crippen molar-refractivity contribution in [2.75, 3.05) is 0 Å². The van der Waals surface area contributed by atoms with Crippen LogP contribution in [0.2, 0.25) is 0 Å². The van der Waals surface area contributed by atoms with E-state index in [9.17, 15) is 8.78 Å². The van der Waals surface area contributed by atoms with Gasteiger partial charge in [-0.15, -0.1) is 11.3 Å². The number of thiazole rings is 1. The van der Waals surface area contributed by atoms with Gasteiger partial charge in [-0.25, -0.2) is 13.8 Å². The highest BCUT2D eigenvalue weighted by atomic mass is 32.1. The number of hydrogen-bond donors (Lipinski definition) is 1. The first-order valence-corrected chi connectivity index (χ1v) is 6.47. The Morgan fingerprint density at radius 1 is 1.39 bits per heavy atom. The van der Waals surface area contributed by atoms with Gasteiger partial charge in [0.2, 0.25) is 0 Å². The number of nitrogens with zero attached hydrogens (tertiary/aromatic N) is 1. The molecule has 5 heteroatoms. The van der Waals surface area contributed by atoms with Crippen LogP contribution in [0.3, 0.4) is 0 Å². The normalized spacial score (nSPS) is 12.7. The van der Waals surface area contributed by atoms with Gasteiger partial charge in [-0.2, -0.15) is 0 Å². The zero-order valence-corrected chi connectivity index (χ0v) is 11.0. The van der Waals surface area contributed by atoms with E-state index < -0.39 is 11.6 Å². The van der Waals surface area contributed by atoms with Crippen LogP contribution >= 0.6 is 11.3 Å². The molecule has 1 aromatic carbocycles. The van der Waals surface area contributed by atoms with E-state index in [-0.39, 0.29) is 6.04 Å². The molecule has 0 fully saturated rings. The molecule has 1 atom stereocenters. The molecule has 1 N–H and O–H groups in total. The molecule has 1 heterocycles. The minimum absolute atomic E-state index is 0.173. The number of nitrogens with one attached hydrogen (secondary N) is 1. The van der Waals surface area contributed by atoms with E-state index in [0.717, 1.165) is 16.0 Å². The van der Waals surface area contributed by atoms with Gasteiger partial charge in [0.1, 0.15) is 11.6 Å². The van der Waals surface area contributed by atoms with E-state index in [4.69, 9.17) is 0 Å². The summed E-state index contributed by atoms with van der Waals surface area (Å²) >= 11 is 1.60. The van der Waals surface area contributed by atoms with E-state index in [2.05, 4.69) is 10.3 Å². The number of benzene rings is 1. The van der Waals surface area contributed by atoms with Gasteiger partial charge in [0.15, 0.2) is 0 Å². The molecule has 0 aliphatic heterocycles. The number of aryl methyl sites for hydroxylation is 1. The summed E-state index contributed by atoms with van der Waals surface area (Å²) in [6.45, 7) is 4.42. The first-order chi connectivity index (χ1) is 8.56. The predicted molar refractivity (Wildman–Crippen MR) is 68.5 cm³/mol. The summed E-state index contributed by atoms with van der Waals surface area (Å²) in [5.74, 6) is -1.07. The molecule has 2 nitrogen and oxygen atoms in total. The first-order valence-electron chi connectivity index (χ1n) is 5.66. The molecule has 0 spiro atoms. The van der Waals surface area contributed by atoms with Crippen molar-refractivity contribution in [2.45, 2.75) is 26.4 Å². The highest BCUT2D eigenvalue weighted by Crippen LogP contribution is 2.19. The lowest BCUT2D eigenvalue weighted by Gasteiger charge is -2.14.